The number of hydrogen-bond donors (Lipinski definition) is 2. The van der Waals surface area contributed by atoms with E-state index in [1.54, 1.807) is 0 Å². The van der Waals surface area contributed by atoms with Crippen LogP contribution in [0.15, 0.2) is 24.3 Å². The second-order valence-corrected chi connectivity index (χ2v) is 13.5. The van der Waals surface area contributed by atoms with E-state index in [0.29, 0.717) is 12.8 Å². The van der Waals surface area contributed by atoms with Gasteiger partial charge in [-0.25, -0.2) is 0 Å². The molecule has 0 heterocycles. The van der Waals surface area contributed by atoms with Gasteiger partial charge in [0.1, 0.15) is 0 Å². The van der Waals surface area contributed by atoms with Crippen molar-refractivity contribution in [2.24, 2.45) is 5.41 Å². The molecule has 0 aliphatic heterocycles. The smallest absolute Gasteiger partial charge is 0.328 e. The molecule has 0 aromatic carbocycles. The minimum Gasteiger partial charge on any atom is -0.465 e. The van der Waals surface area contributed by atoms with Crippen LogP contribution in [0.2, 0.25) is 0 Å². The van der Waals surface area contributed by atoms with E-state index < -0.39 is 30.6 Å². The highest BCUT2D eigenvalue weighted by Crippen LogP contribution is 2.22. The van der Waals surface area contributed by atoms with Gasteiger partial charge < -0.3 is 19.7 Å². The van der Waals surface area contributed by atoms with Crippen LogP contribution in [0, 0.1) is 5.41 Å². The lowest BCUT2D eigenvalue weighted by atomic mass is 9.90. The summed E-state index contributed by atoms with van der Waals surface area (Å²) in [6.45, 7) is 3.19. The third-order valence-electron chi connectivity index (χ3n) is 9.10. The van der Waals surface area contributed by atoms with Gasteiger partial charge in [0.05, 0.1) is 26.4 Å². The van der Waals surface area contributed by atoms with E-state index >= 15 is 0 Å². The average Bonchev–Trinajstić information content (AvgIpc) is 3.08. The lowest BCUT2D eigenvalue weighted by molar-refractivity contribution is -0.179. The van der Waals surface area contributed by atoms with Crippen LogP contribution >= 0.6 is 0 Å². The minimum atomic E-state index is -2.05. The summed E-state index contributed by atoms with van der Waals surface area (Å²) in [7, 11) is 0. The highest BCUT2D eigenvalue weighted by atomic mass is 16.6. The molecule has 0 atom stereocenters. The molecule has 276 valence electrons. The molecule has 0 radical (unpaired) electrons. The Morgan fingerprint density at radius 2 is 0.681 bits per heavy atom. The van der Waals surface area contributed by atoms with Crippen molar-refractivity contribution in [2.75, 3.05) is 26.4 Å². The van der Waals surface area contributed by atoms with Crippen molar-refractivity contribution in [3.63, 3.8) is 0 Å². The summed E-state index contributed by atoms with van der Waals surface area (Å²) in [6.07, 6.45) is 42.7. The predicted molar refractivity (Wildman–Crippen MR) is 197 cm³/mol. The molecule has 6 heteroatoms. The molecule has 0 aromatic heterocycles. The zero-order valence-electron chi connectivity index (χ0n) is 31.0. The minimum absolute atomic E-state index is 0.171. The molecule has 0 aromatic rings. The number of carbonyl (C=O) groups is 2. The van der Waals surface area contributed by atoms with Gasteiger partial charge in [0.15, 0.2) is 0 Å². The lowest BCUT2D eigenvalue weighted by Crippen LogP contribution is -2.48. The molecule has 0 saturated heterocycles. The first-order valence-electron chi connectivity index (χ1n) is 19.9. The number of esters is 2. The summed E-state index contributed by atoms with van der Waals surface area (Å²) >= 11 is 0. The number of rotatable bonds is 36. The molecule has 0 saturated carbocycles. The van der Waals surface area contributed by atoms with E-state index in [9.17, 15) is 19.8 Å². The summed E-state index contributed by atoms with van der Waals surface area (Å²) < 4.78 is 10.6. The zero-order valence-corrected chi connectivity index (χ0v) is 31.0. The van der Waals surface area contributed by atoms with Crippen LogP contribution in [-0.4, -0.2) is 48.6 Å². The van der Waals surface area contributed by atoms with Gasteiger partial charge >= 0.3 is 11.9 Å². The van der Waals surface area contributed by atoms with Crippen molar-refractivity contribution < 1.29 is 29.3 Å². The second-order valence-electron chi connectivity index (χ2n) is 13.5. The number of carbonyl (C=O) groups excluding carboxylic acids is 2. The van der Waals surface area contributed by atoms with Gasteiger partial charge in [-0.3, -0.25) is 9.59 Å². The van der Waals surface area contributed by atoms with Crippen molar-refractivity contribution >= 4 is 11.9 Å². The average molecular weight is 665 g/mol. The number of hydrogen-bond acceptors (Lipinski definition) is 6. The molecule has 0 amide bonds. The molecule has 0 unspecified atom stereocenters. The van der Waals surface area contributed by atoms with E-state index in [-0.39, 0.29) is 13.2 Å². The predicted octanol–water partition coefficient (Wildman–Crippen LogP) is 11.1. The fourth-order valence-corrected chi connectivity index (χ4v) is 5.70. The van der Waals surface area contributed by atoms with Crippen molar-refractivity contribution in [1.82, 2.24) is 0 Å². The summed E-state index contributed by atoms with van der Waals surface area (Å²) in [5.41, 5.74) is -2.05. The first kappa shape index (κ1) is 45.3. The van der Waals surface area contributed by atoms with Crippen molar-refractivity contribution in [3.8, 4) is 0 Å². The van der Waals surface area contributed by atoms with E-state index in [4.69, 9.17) is 9.47 Å². The summed E-state index contributed by atoms with van der Waals surface area (Å²) in [5.74, 6) is -1.80. The Balaban J connectivity index is 3.82. The Hall–Kier alpha value is -1.66. The Morgan fingerprint density at radius 3 is 0.957 bits per heavy atom. The van der Waals surface area contributed by atoms with Crippen LogP contribution in [0.4, 0.5) is 0 Å². The third-order valence-corrected chi connectivity index (χ3v) is 9.10. The van der Waals surface area contributed by atoms with Gasteiger partial charge in [-0.2, -0.15) is 0 Å². The fourth-order valence-electron chi connectivity index (χ4n) is 5.70. The van der Waals surface area contributed by atoms with E-state index in [2.05, 4.69) is 38.2 Å². The Bertz CT molecular complexity index is 684. The first-order valence-corrected chi connectivity index (χ1v) is 19.9. The zero-order chi connectivity index (χ0) is 34.5. The van der Waals surface area contributed by atoms with E-state index in [1.165, 1.54) is 116 Å². The molecular formula is C41H76O6. The molecule has 6 nitrogen and oxygen atoms in total. The molecule has 0 bridgehead atoms. The van der Waals surface area contributed by atoms with E-state index in [1.807, 2.05) is 0 Å². The normalized spacial score (nSPS) is 12.0. The van der Waals surface area contributed by atoms with Crippen LogP contribution in [0.5, 0.6) is 0 Å². The number of allylic oxidation sites excluding steroid dienone is 4. The number of aliphatic hydroxyl groups excluding tert-OH is 2. The topological polar surface area (TPSA) is 93.1 Å². The van der Waals surface area contributed by atoms with Crippen LogP contribution in [-0.2, 0) is 19.1 Å². The number of ether oxygens (including phenoxy) is 2. The third kappa shape index (κ3) is 26.9. The van der Waals surface area contributed by atoms with Gasteiger partial charge in [-0.05, 0) is 64.2 Å². The largest absolute Gasteiger partial charge is 0.465 e. The maximum atomic E-state index is 12.7. The van der Waals surface area contributed by atoms with Crippen molar-refractivity contribution in [3.05, 3.63) is 24.3 Å². The van der Waals surface area contributed by atoms with Gasteiger partial charge in [0.25, 0.3) is 0 Å². The standard InChI is InChI=1S/C41H76O6/c1-3-5-7-9-11-13-15-17-19-21-23-25-27-29-31-33-35-46-39(44)41(37-42,38-43)40(45)47-36-34-32-30-28-26-24-22-20-18-16-14-12-10-8-6-4-2/h17-20,42-43H,3-16,21-38H2,1-2H3/b19-17-,20-18-. The molecule has 47 heavy (non-hydrogen) atoms. The SMILES string of the molecule is CCCCCCCC/C=C\CCCCCCCCOC(=O)C(CO)(CO)C(=O)OCCCCCCCC/C=C\CCCCCCCC. The van der Waals surface area contributed by atoms with Gasteiger partial charge in [-0.1, -0.05) is 154 Å². The van der Waals surface area contributed by atoms with Crippen LogP contribution in [0.1, 0.15) is 194 Å². The molecule has 0 fully saturated rings. The molecule has 0 aliphatic carbocycles. The molecule has 2 N–H and O–H groups in total. The van der Waals surface area contributed by atoms with Crippen LogP contribution in [0.3, 0.4) is 0 Å². The summed E-state index contributed by atoms with van der Waals surface area (Å²) in [4.78, 5) is 25.3. The van der Waals surface area contributed by atoms with Crippen molar-refractivity contribution in [2.45, 2.75) is 194 Å². The second kappa shape index (κ2) is 35.6. The van der Waals surface area contributed by atoms with Gasteiger partial charge in [-0.15, -0.1) is 0 Å². The van der Waals surface area contributed by atoms with E-state index in [0.717, 1.165) is 51.4 Å². The fraction of sp³-hybridized carbons (Fsp3) is 0.854. The molecule has 0 aliphatic rings. The van der Waals surface area contributed by atoms with Crippen molar-refractivity contribution in [1.29, 1.82) is 0 Å². The Kier molecular flexibility index (Phi) is 34.4. The molecule has 0 rings (SSSR count). The summed E-state index contributed by atoms with van der Waals surface area (Å²) in [5, 5.41) is 19.7. The number of unbranched alkanes of at least 4 members (excludes halogenated alkanes) is 24. The summed E-state index contributed by atoms with van der Waals surface area (Å²) in [6, 6.07) is 0. The number of aliphatic hydroxyl groups is 2. The Labute approximate surface area is 290 Å². The molecular weight excluding hydrogens is 588 g/mol. The lowest BCUT2D eigenvalue weighted by Gasteiger charge is -2.25. The van der Waals surface area contributed by atoms with Gasteiger partial charge in [0.2, 0.25) is 5.41 Å². The first-order chi connectivity index (χ1) is 23.1. The highest BCUT2D eigenvalue weighted by Gasteiger charge is 2.48. The maximum absolute atomic E-state index is 12.7. The monoisotopic (exact) mass is 665 g/mol. The quantitative estimate of drug-likeness (QED) is 0.0300. The Morgan fingerprint density at radius 1 is 0.426 bits per heavy atom. The van der Waals surface area contributed by atoms with Gasteiger partial charge in [0, 0.05) is 0 Å². The highest BCUT2D eigenvalue weighted by molar-refractivity contribution is 6.00. The molecule has 0 spiro atoms. The van der Waals surface area contributed by atoms with Crippen LogP contribution < -0.4 is 0 Å². The van der Waals surface area contributed by atoms with Crippen LogP contribution in [0.25, 0.3) is 0 Å². The maximum Gasteiger partial charge on any atom is 0.328 e.